The Bertz CT molecular complexity index is 3400. The van der Waals surface area contributed by atoms with Crippen molar-refractivity contribution >= 4 is 0 Å². The van der Waals surface area contributed by atoms with Crippen molar-refractivity contribution < 1.29 is 103 Å². The summed E-state index contributed by atoms with van der Waals surface area (Å²) in [5, 5.41) is 74.1. The van der Waals surface area contributed by atoms with Gasteiger partial charge in [-0.2, -0.15) is 17.6 Å². The highest BCUT2D eigenvalue weighted by molar-refractivity contribution is 4.97. The highest BCUT2D eigenvalue weighted by atomic mass is 19.2. The Labute approximate surface area is 397 Å². The SMILES string of the molecule is O=c1[nH]c(=O)n([C@@H]2O[C@](F)(CO)C[C@H]2O)cc1F.[2H]C([2H])(O)[C@]1(F)C[C@@H](O)[C@H](n2cc(F)c(=O)[nH]c2=O)O1.[2H]C([2H])(O)[C@]1(F)C[C@@H](O)[C@]([2H])(n2cc(F)c(=O)[nH]c2=O)O1.[2H][C@@]1(n2cc(F)c(=O)[nH]c2=O)O[C@](F)(CO)C[C@H]1O. The second-order valence-electron chi connectivity index (χ2n) is 15.1. The number of nitrogens with zero attached hydrogens (tertiary/aromatic N) is 4. The van der Waals surface area contributed by atoms with Crippen LogP contribution in [0.4, 0.5) is 35.1 Å². The molecule has 0 bridgehead atoms. The van der Waals surface area contributed by atoms with Crippen molar-refractivity contribution in [3.05, 3.63) is 131 Å². The molecule has 4 aliphatic heterocycles. The standard InChI is InChI=1S/4C9H10F2N2O5/c4*10-4-2-13(8(17)12-6(4)16)7-5(15)1-9(11,3-14)18-7/h4*2,5,7,14-15H,1,3H2,(H,12,16,17)/t4*5-,7-,9+/m1111/s1/i3D2,7D;7D;3D2;. The second kappa shape index (κ2) is 21.8. The minimum absolute atomic E-state index is 0.0570. The highest BCUT2D eigenvalue weighted by Gasteiger charge is 2.50. The van der Waals surface area contributed by atoms with Crippen molar-refractivity contribution in [1.29, 1.82) is 0 Å². The molecule has 8 heterocycles. The predicted octanol–water partition coefficient (Wildman–Crippen LogP) is -5.55. The van der Waals surface area contributed by atoms with Crippen molar-refractivity contribution in [2.75, 3.05) is 26.3 Å². The fourth-order valence-electron chi connectivity index (χ4n) is 6.49. The molecule has 4 fully saturated rings. The first-order valence-corrected chi connectivity index (χ1v) is 19.5. The Balaban J connectivity index is 0.000000192. The zero-order valence-corrected chi connectivity index (χ0v) is 35.3. The molecule has 0 radical (unpaired) electrons. The molecule has 12 N–H and O–H groups in total. The number of aromatic nitrogens is 8. The predicted molar refractivity (Wildman–Crippen MR) is 212 cm³/mol. The molecule has 4 aliphatic rings. The lowest BCUT2D eigenvalue weighted by molar-refractivity contribution is -0.181. The zero-order chi connectivity index (χ0) is 59.4. The zero-order valence-electron chi connectivity index (χ0n) is 41.3. The number of halogens is 8. The van der Waals surface area contributed by atoms with E-state index in [9.17, 15) is 93.9 Å². The summed E-state index contributed by atoms with van der Waals surface area (Å²) in [4.78, 5) is 95.5. The third-order valence-electron chi connectivity index (χ3n) is 9.84. The number of aliphatic hydroxyl groups is 8. The van der Waals surface area contributed by atoms with E-state index in [1.54, 1.807) is 15.0 Å². The van der Waals surface area contributed by atoms with Crippen LogP contribution in [0, 0.1) is 23.3 Å². The van der Waals surface area contributed by atoms with E-state index >= 15 is 0 Å². The Hall–Kier alpha value is -6.32. The number of nitrogens with one attached hydrogen (secondary N) is 4. The van der Waals surface area contributed by atoms with Crippen LogP contribution in [0.2, 0.25) is 0 Å². The minimum Gasteiger partial charge on any atom is -0.390 e. The molecule has 28 nitrogen and oxygen atoms in total. The van der Waals surface area contributed by atoms with Gasteiger partial charge in [-0.15, -0.1) is 0 Å². The molecule has 72 heavy (non-hydrogen) atoms. The third-order valence-corrected chi connectivity index (χ3v) is 9.84. The number of ether oxygens (including phenoxy) is 4. The number of H-pyrrole nitrogens is 4. The number of aliphatic hydroxyl groups excluding tert-OH is 6. The Morgan fingerprint density at radius 1 is 0.472 bits per heavy atom. The van der Waals surface area contributed by atoms with Crippen molar-refractivity contribution in [2.24, 2.45) is 0 Å². The topological polar surface area (TPSA) is 418 Å². The second-order valence-corrected chi connectivity index (χ2v) is 15.1. The van der Waals surface area contributed by atoms with Gasteiger partial charge < -0.3 is 59.8 Å². The molecule has 4 aromatic rings. The van der Waals surface area contributed by atoms with Crippen LogP contribution < -0.4 is 45.0 Å². The van der Waals surface area contributed by atoms with Gasteiger partial charge in [0.2, 0.25) is 46.7 Å². The summed E-state index contributed by atoms with van der Waals surface area (Å²) in [6, 6.07) is 0. The van der Waals surface area contributed by atoms with Gasteiger partial charge in [-0.1, -0.05) is 0 Å². The van der Waals surface area contributed by atoms with Crippen LogP contribution in [-0.4, -0.2) is 153 Å². The van der Waals surface area contributed by atoms with Crippen LogP contribution in [0.15, 0.2) is 63.1 Å². The minimum atomic E-state index is -3.58. The molecule has 0 aliphatic carbocycles. The first kappa shape index (κ1) is 48.0. The molecule has 0 amide bonds. The molecule has 36 heteroatoms. The fourth-order valence-corrected chi connectivity index (χ4v) is 6.49. The van der Waals surface area contributed by atoms with E-state index < -0.39 is 193 Å². The van der Waals surface area contributed by atoms with Crippen LogP contribution in [0.3, 0.4) is 0 Å². The molecule has 0 unspecified atom stereocenters. The highest BCUT2D eigenvalue weighted by Crippen LogP contribution is 2.39. The van der Waals surface area contributed by atoms with Crippen LogP contribution in [0.5, 0.6) is 0 Å². The summed E-state index contributed by atoms with van der Waals surface area (Å²) in [6.45, 7) is -9.18. The number of aromatic amines is 4. The van der Waals surface area contributed by atoms with Gasteiger partial charge in [0, 0.05) is 25.7 Å². The normalized spacial score (nSPS) is 35.4. The lowest BCUT2D eigenvalue weighted by Crippen LogP contribution is -2.37. The molecule has 12 atom stereocenters. The van der Waals surface area contributed by atoms with E-state index in [1.165, 1.54) is 4.98 Å². The summed E-state index contributed by atoms with van der Waals surface area (Å²) < 4.78 is 170. The summed E-state index contributed by atoms with van der Waals surface area (Å²) in [5.74, 6) is -17.6. The van der Waals surface area contributed by atoms with Gasteiger partial charge in [-0.25, -0.2) is 36.7 Å². The third kappa shape index (κ3) is 12.5. The van der Waals surface area contributed by atoms with Gasteiger partial charge in [0.05, 0.1) is 33.0 Å². The quantitative estimate of drug-likeness (QED) is 0.0732. The summed E-state index contributed by atoms with van der Waals surface area (Å²) in [5.41, 5.74) is -10.1. The van der Waals surface area contributed by atoms with Crippen molar-refractivity contribution in [3.63, 3.8) is 0 Å². The summed E-state index contributed by atoms with van der Waals surface area (Å²) >= 11 is 0. The molecule has 8 rings (SSSR count). The maximum Gasteiger partial charge on any atom is 0.330 e. The maximum absolute atomic E-state index is 14.2. The summed E-state index contributed by atoms with van der Waals surface area (Å²) in [6.07, 6.45) is -18.1. The molecule has 0 spiro atoms. The average molecular weight is 1060 g/mol. The molecular weight excluding hydrogens is 1020 g/mol. The fraction of sp³-hybridized carbons (Fsp3) is 0.556. The van der Waals surface area contributed by atoms with Crippen molar-refractivity contribution in [2.45, 2.75) is 98.4 Å². The first-order chi connectivity index (χ1) is 35.5. The molecule has 4 aromatic heterocycles. The van der Waals surface area contributed by atoms with Gasteiger partial charge >= 0.3 is 22.8 Å². The van der Waals surface area contributed by atoms with Gasteiger partial charge in [0.1, 0.15) is 50.7 Å². The molecule has 0 aromatic carbocycles. The van der Waals surface area contributed by atoms with Crippen LogP contribution >= 0.6 is 0 Å². The average Bonchev–Trinajstić information content (AvgIpc) is 3.98. The Kier molecular flexibility index (Phi) is 14.5. The largest absolute Gasteiger partial charge is 0.390 e. The maximum atomic E-state index is 14.2. The molecular formula is C36H40F8N8O20. The van der Waals surface area contributed by atoms with E-state index in [4.69, 9.17) is 28.7 Å². The van der Waals surface area contributed by atoms with E-state index in [2.05, 4.69) is 18.9 Å². The molecule has 0 saturated carbocycles. The molecule has 4 saturated heterocycles. The van der Waals surface area contributed by atoms with Gasteiger partial charge in [0.15, 0.2) is 24.9 Å². The Morgan fingerprint density at radius 3 is 1.01 bits per heavy atom. The van der Waals surface area contributed by atoms with E-state index in [0.29, 0.717) is 27.7 Å². The van der Waals surface area contributed by atoms with Gasteiger partial charge in [-0.05, 0) is 0 Å². The lowest BCUT2D eigenvalue weighted by Gasteiger charge is -2.19. The van der Waals surface area contributed by atoms with Crippen LogP contribution in [0.1, 0.15) is 58.8 Å². The van der Waals surface area contributed by atoms with E-state index in [1.807, 2.05) is 0 Å². The molecule has 400 valence electrons. The Morgan fingerprint density at radius 2 is 0.722 bits per heavy atom. The van der Waals surface area contributed by atoms with Crippen LogP contribution in [0.25, 0.3) is 0 Å². The van der Waals surface area contributed by atoms with Gasteiger partial charge in [-0.3, -0.25) is 57.4 Å². The number of alkyl halides is 4. The van der Waals surface area contributed by atoms with E-state index in [-0.39, 0.29) is 15.3 Å². The first-order valence-electron chi connectivity index (χ1n) is 22.5. The number of rotatable bonds is 8. The smallest absolute Gasteiger partial charge is 0.330 e. The van der Waals surface area contributed by atoms with E-state index in [0.717, 1.165) is 0 Å². The van der Waals surface area contributed by atoms with Crippen LogP contribution in [-0.2, 0) is 18.9 Å². The number of hydrogen-bond acceptors (Lipinski definition) is 20. The summed E-state index contributed by atoms with van der Waals surface area (Å²) in [7, 11) is 0. The van der Waals surface area contributed by atoms with Gasteiger partial charge in [0.25, 0.3) is 22.2 Å². The van der Waals surface area contributed by atoms with Crippen molar-refractivity contribution in [3.8, 4) is 0 Å². The van der Waals surface area contributed by atoms with Crippen molar-refractivity contribution in [1.82, 2.24) is 38.2 Å². The monoisotopic (exact) mass is 1060 g/mol. The number of hydrogen-bond donors (Lipinski definition) is 12. The lowest BCUT2D eigenvalue weighted by atomic mass is 10.2.